The molecule has 0 amide bonds. The van der Waals surface area contributed by atoms with Gasteiger partial charge < -0.3 is 18.6 Å². The SMILES string of the molecule is CCOC(=O)C1=C(C)N=c2s/c(=C\c3ccc(-c4cc(Cl)c(Br)c([N+](=O)[O-])c4)o3)c(=O)n2[C@H]1c1cc(OC)ccc1OC. The predicted molar refractivity (Wildman–Crippen MR) is 163 cm³/mol. The summed E-state index contributed by atoms with van der Waals surface area (Å²) in [5.41, 5.74) is 0.862. The van der Waals surface area contributed by atoms with Gasteiger partial charge in [0.05, 0.1) is 46.6 Å². The molecule has 0 saturated heterocycles. The highest BCUT2D eigenvalue weighted by molar-refractivity contribution is 9.10. The zero-order valence-electron chi connectivity index (χ0n) is 23.2. The zero-order valence-corrected chi connectivity index (χ0v) is 26.3. The number of carbonyl (C=O) groups is 1. The third-order valence-corrected chi connectivity index (χ3v) is 8.98. The number of nitro benzene ring substituents is 1. The minimum absolute atomic E-state index is 0.134. The Balaban J connectivity index is 1.67. The molecule has 0 unspecified atom stereocenters. The first-order valence-electron chi connectivity index (χ1n) is 12.7. The summed E-state index contributed by atoms with van der Waals surface area (Å²) < 4.78 is 24.2. The molecular formula is C29H23BrClN3O8S. The maximum absolute atomic E-state index is 14.0. The van der Waals surface area contributed by atoms with E-state index in [1.54, 1.807) is 50.3 Å². The van der Waals surface area contributed by atoms with Crippen LogP contribution in [0.2, 0.25) is 5.02 Å². The highest BCUT2D eigenvalue weighted by Gasteiger charge is 2.35. The average Bonchev–Trinajstić information content (AvgIpc) is 3.57. The lowest BCUT2D eigenvalue weighted by Crippen LogP contribution is -2.40. The number of hydrogen-bond acceptors (Lipinski definition) is 10. The molecule has 0 fully saturated rings. The molecule has 4 aromatic rings. The van der Waals surface area contributed by atoms with Crippen LogP contribution in [-0.2, 0) is 9.53 Å². The first kappa shape index (κ1) is 30.3. The summed E-state index contributed by atoms with van der Waals surface area (Å²) in [6.45, 7) is 3.52. The quantitative estimate of drug-likeness (QED) is 0.136. The van der Waals surface area contributed by atoms with Gasteiger partial charge in [0.2, 0.25) is 0 Å². The van der Waals surface area contributed by atoms with Crippen molar-refractivity contribution in [1.82, 2.24) is 4.57 Å². The van der Waals surface area contributed by atoms with Crippen LogP contribution in [0.3, 0.4) is 0 Å². The molecule has 0 N–H and O–H groups in total. The van der Waals surface area contributed by atoms with E-state index in [0.29, 0.717) is 44.6 Å². The van der Waals surface area contributed by atoms with E-state index in [1.807, 2.05) is 0 Å². The van der Waals surface area contributed by atoms with Gasteiger partial charge in [-0.1, -0.05) is 22.9 Å². The van der Waals surface area contributed by atoms with Crippen molar-refractivity contribution in [3.05, 3.63) is 104 Å². The highest BCUT2D eigenvalue weighted by Crippen LogP contribution is 2.39. The Morgan fingerprint density at radius 1 is 1.23 bits per heavy atom. The van der Waals surface area contributed by atoms with E-state index in [4.69, 9.17) is 30.2 Å². The van der Waals surface area contributed by atoms with Gasteiger partial charge in [-0.2, -0.15) is 0 Å². The summed E-state index contributed by atoms with van der Waals surface area (Å²) >= 11 is 10.4. The van der Waals surface area contributed by atoms with Crippen LogP contribution in [0, 0.1) is 10.1 Å². The Kier molecular flexibility index (Phi) is 8.58. The van der Waals surface area contributed by atoms with Gasteiger partial charge in [0, 0.05) is 23.3 Å². The Morgan fingerprint density at radius 2 is 2.00 bits per heavy atom. The van der Waals surface area contributed by atoms with Crippen molar-refractivity contribution < 1.29 is 28.3 Å². The summed E-state index contributed by atoms with van der Waals surface area (Å²) in [4.78, 5) is 43.0. The lowest BCUT2D eigenvalue weighted by Gasteiger charge is -2.26. The summed E-state index contributed by atoms with van der Waals surface area (Å²) in [5, 5.41) is 11.6. The molecule has 0 bridgehead atoms. The van der Waals surface area contributed by atoms with E-state index < -0.39 is 22.5 Å². The van der Waals surface area contributed by atoms with Gasteiger partial charge in [-0.15, -0.1) is 0 Å². The monoisotopic (exact) mass is 687 g/mol. The van der Waals surface area contributed by atoms with Crippen LogP contribution in [0.25, 0.3) is 17.4 Å². The zero-order chi connectivity index (χ0) is 31.0. The third-order valence-electron chi connectivity index (χ3n) is 6.64. The molecule has 3 heterocycles. The molecule has 1 aliphatic rings. The summed E-state index contributed by atoms with van der Waals surface area (Å²) in [6, 6.07) is 10.3. The van der Waals surface area contributed by atoms with E-state index in [9.17, 15) is 19.7 Å². The number of fused-ring (bicyclic) bond motifs is 1. The first-order valence-corrected chi connectivity index (χ1v) is 14.7. The second-order valence-corrected chi connectivity index (χ2v) is 11.4. The van der Waals surface area contributed by atoms with E-state index in [2.05, 4.69) is 20.9 Å². The minimum atomic E-state index is -0.917. The normalized spacial score (nSPS) is 14.7. The number of rotatable bonds is 8. The fraction of sp³-hybridized carbons (Fsp3) is 0.207. The van der Waals surface area contributed by atoms with Gasteiger partial charge in [0.15, 0.2) is 4.80 Å². The number of furan rings is 1. The van der Waals surface area contributed by atoms with Gasteiger partial charge >= 0.3 is 5.97 Å². The lowest BCUT2D eigenvalue weighted by molar-refractivity contribution is -0.385. The number of esters is 1. The Hall–Kier alpha value is -4.20. The van der Waals surface area contributed by atoms with E-state index in [-0.39, 0.29) is 31.9 Å². The summed E-state index contributed by atoms with van der Waals surface area (Å²) in [5.74, 6) is 0.975. The van der Waals surface area contributed by atoms with Gasteiger partial charge in [0.1, 0.15) is 33.5 Å². The highest BCUT2D eigenvalue weighted by atomic mass is 79.9. The molecule has 11 nitrogen and oxygen atoms in total. The molecule has 1 atom stereocenters. The number of nitro groups is 1. The van der Waals surface area contributed by atoms with Crippen LogP contribution in [0.1, 0.15) is 31.2 Å². The van der Waals surface area contributed by atoms with Crippen LogP contribution in [0.15, 0.2) is 72.4 Å². The molecule has 14 heteroatoms. The number of carbonyl (C=O) groups excluding carboxylic acids is 1. The molecule has 2 aromatic heterocycles. The first-order chi connectivity index (χ1) is 20.6. The number of thiazole rings is 1. The summed E-state index contributed by atoms with van der Waals surface area (Å²) in [7, 11) is 3.01. The van der Waals surface area contributed by atoms with Gasteiger partial charge in [-0.25, -0.2) is 9.79 Å². The van der Waals surface area contributed by atoms with Gasteiger partial charge in [-0.05, 0) is 66.2 Å². The van der Waals surface area contributed by atoms with Crippen molar-refractivity contribution >= 4 is 56.6 Å². The number of nitrogens with zero attached hydrogens (tertiary/aromatic N) is 3. The second-order valence-electron chi connectivity index (χ2n) is 9.16. The van der Waals surface area contributed by atoms with Gasteiger partial charge in [0.25, 0.3) is 11.2 Å². The maximum Gasteiger partial charge on any atom is 0.338 e. The van der Waals surface area contributed by atoms with Crippen LogP contribution in [0.4, 0.5) is 5.69 Å². The average molecular weight is 689 g/mol. The minimum Gasteiger partial charge on any atom is -0.497 e. The van der Waals surface area contributed by atoms with Crippen molar-refractivity contribution in [2.24, 2.45) is 4.99 Å². The smallest absolute Gasteiger partial charge is 0.338 e. The molecule has 43 heavy (non-hydrogen) atoms. The number of ether oxygens (including phenoxy) is 3. The summed E-state index contributed by atoms with van der Waals surface area (Å²) in [6.07, 6.45) is 1.55. The van der Waals surface area contributed by atoms with Crippen LogP contribution in [0.5, 0.6) is 11.5 Å². The number of hydrogen-bond donors (Lipinski definition) is 0. The molecule has 0 aliphatic carbocycles. The number of benzene rings is 2. The molecular weight excluding hydrogens is 666 g/mol. The molecule has 2 aromatic carbocycles. The molecule has 1 aliphatic heterocycles. The maximum atomic E-state index is 14.0. The van der Waals surface area contributed by atoms with Crippen molar-refractivity contribution in [1.29, 1.82) is 0 Å². The number of methoxy groups -OCH3 is 2. The number of halogens is 2. The largest absolute Gasteiger partial charge is 0.497 e. The van der Waals surface area contributed by atoms with Crippen LogP contribution < -0.4 is 24.4 Å². The Morgan fingerprint density at radius 3 is 2.67 bits per heavy atom. The van der Waals surface area contributed by atoms with E-state index in [1.165, 1.54) is 30.9 Å². The van der Waals surface area contributed by atoms with Crippen molar-refractivity contribution in [3.8, 4) is 22.8 Å². The molecule has 0 saturated carbocycles. The number of aromatic nitrogens is 1. The van der Waals surface area contributed by atoms with Crippen molar-refractivity contribution in [2.45, 2.75) is 19.9 Å². The lowest BCUT2D eigenvalue weighted by atomic mass is 9.95. The van der Waals surface area contributed by atoms with E-state index in [0.717, 1.165) is 11.3 Å². The van der Waals surface area contributed by atoms with Crippen LogP contribution in [-0.4, -0.2) is 36.3 Å². The molecule has 5 rings (SSSR count). The predicted octanol–water partition coefficient (Wildman–Crippen LogP) is 5.40. The van der Waals surface area contributed by atoms with Crippen molar-refractivity contribution in [3.63, 3.8) is 0 Å². The molecule has 222 valence electrons. The Labute approximate surface area is 261 Å². The third kappa shape index (κ3) is 5.63. The fourth-order valence-corrected chi connectivity index (χ4v) is 6.32. The fourth-order valence-electron chi connectivity index (χ4n) is 4.70. The molecule has 0 radical (unpaired) electrons. The van der Waals surface area contributed by atoms with Crippen molar-refractivity contribution in [2.75, 3.05) is 20.8 Å². The standard InChI is InChI=1S/C29H23BrClN3O8S/c1-5-41-28(36)24-14(2)32-29-33(26(24)18-12-16(39-3)6-9-22(18)40-4)27(35)23(43-29)13-17-7-8-21(42-17)15-10-19(31)25(30)20(11-15)34(37)38/h6-13,26H,5H2,1-4H3/b23-13-/t26-/m0/s1. The topological polar surface area (TPSA) is 135 Å². The van der Waals surface area contributed by atoms with E-state index >= 15 is 0 Å². The second kappa shape index (κ2) is 12.2. The molecule has 0 spiro atoms. The van der Waals surface area contributed by atoms with Gasteiger partial charge in [-0.3, -0.25) is 19.5 Å². The van der Waals surface area contributed by atoms with Crippen LogP contribution >= 0.6 is 38.9 Å². The Bertz CT molecular complexity index is 1990. The number of allylic oxidation sites excluding steroid dienone is 1.